The molecule has 26 heavy (non-hydrogen) atoms. The van der Waals surface area contributed by atoms with E-state index in [1.54, 1.807) is 0 Å². The standard InChI is InChI=1S/C23H46O2Si/c1-17(2)21(25-26(9,10)22(5,6)7)14-13-18(3)19(4)23(8)15-11-12-20(24)16-23/h17-19,21H,11-16H2,1-10H3/t18-,19-,21+,23+/m1/s1. The Morgan fingerprint density at radius 3 is 2.15 bits per heavy atom. The fraction of sp³-hybridized carbons (Fsp3) is 0.957. The van der Waals surface area contributed by atoms with Gasteiger partial charge in [-0.05, 0) is 67.0 Å². The smallest absolute Gasteiger partial charge is 0.192 e. The molecule has 4 atom stereocenters. The number of rotatable bonds is 8. The average Bonchev–Trinajstić information content (AvgIpc) is 2.48. The Kier molecular flexibility index (Phi) is 8.18. The van der Waals surface area contributed by atoms with Crippen molar-refractivity contribution in [2.24, 2.45) is 23.2 Å². The Balaban J connectivity index is 2.69. The fourth-order valence-corrected chi connectivity index (χ4v) is 5.65. The van der Waals surface area contributed by atoms with Gasteiger partial charge in [-0.1, -0.05) is 55.4 Å². The number of hydrogen-bond donors (Lipinski definition) is 0. The summed E-state index contributed by atoms with van der Waals surface area (Å²) in [5.41, 5.74) is 0.197. The topological polar surface area (TPSA) is 26.3 Å². The summed E-state index contributed by atoms with van der Waals surface area (Å²) in [5.74, 6) is 2.25. The van der Waals surface area contributed by atoms with Crippen LogP contribution < -0.4 is 0 Å². The van der Waals surface area contributed by atoms with Crippen molar-refractivity contribution in [2.45, 2.75) is 118 Å². The van der Waals surface area contributed by atoms with Crippen molar-refractivity contribution in [1.29, 1.82) is 0 Å². The quantitative estimate of drug-likeness (QED) is 0.414. The summed E-state index contributed by atoms with van der Waals surface area (Å²) in [6.45, 7) is 23.4. The van der Waals surface area contributed by atoms with Crippen LogP contribution in [0.25, 0.3) is 0 Å². The van der Waals surface area contributed by atoms with Crippen molar-refractivity contribution in [3.8, 4) is 0 Å². The number of carbonyl (C=O) groups excluding carboxylic acids is 1. The fourth-order valence-electron chi connectivity index (χ4n) is 4.15. The van der Waals surface area contributed by atoms with Crippen LogP contribution in [0.2, 0.25) is 18.1 Å². The number of ketones is 1. The van der Waals surface area contributed by atoms with Gasteiger partial charge in [0.25, 0.3) is 0 Å². The highest BCUT2D eigenvalue weighted by Gasteiger charge is 2.41. The van der Waals surface area contributed by atoms with Crippen LogP contribution in [0.3, 0.4) is 0 Å². The Hall–Kier alpha value is -0.153. The molecule has 154 valence electrons. The van der Waals surface area contributed by atoms with E-state index in [0.29, 0.717) is 29.6 Å². The van der Waals surface area contributed by atoms with Crippen LogP contribution in [0.4, 0.5) is 0 Å². The molecule has 1 fully saturated rings. The van der Waals surface area contributed by atoms with Crippen molar-refractivity contribution >= 4 is 14.1 Å². The number of Topliss-reactive ketones (excluding diaryl/α,β-unsaturated/α-hetero) is 1. The highest BCUT2D eigenvalue weighted by atomic mass is 28.4. The van der Waals surface area contributed by atoms with Crippen molar-refractivity contribution in [1.82, 2.24) is 0 Å². The molecule has 0 spiro atoms. The lowest BCUT2D eigenvalue weighted by Gasteiger charge is -2.43. The second-order valence-corrected chi connectivity index (χ2v) is 16.0. The molecule has 1 aliphatic rings. The van der Waals surface area contributed by atoms with Gasteiger partial charge in [0.1, 0.15) is 5.78 Å². The molecule has 1 aliphatic carbocycles. The molecule has 0 saturated heterocycles. The van der Waals surface area contributed by atoms with E-state index in [4.69, 9.17) is 4.43 Å². The molecule has 0 amide bonds. The Morgan fingerprint density at radius 1 is 1.12 bits per heavy atom. The van der Waals surface area contributed by atoms with Crippen LogP contribution >= 0.6 is 0 Å². The van der Waals surface area contributed by atoms with Gasteiger partial charge in [0.2, 0.25) is 0 Å². The maximum atomic E-state index is 12.0. The maximum absolute atomic E-state index is 12.0. The molecule has 0 N–H and O–H groups in total. The van der Waals surface area contributed by atoms with E-state index in [1.807, 2.05) is 0 Å². The minimum Gasteiger partial charge on any atom is -0.414 e. The summed E-state index contributed by atoms with van der Waals surface area (Å²) in [5, 5.41) is 0.259. The van der Waals surface area contributed by atoms with E-state index in [9.17, 15) is 4.79 Å². The zero-order valence-corrected chi connectivity index (χ0v) is 20.4. The third-order valence-corrected chi connectivity index (χ3v) is 12.2. The van der Waals surface area contributed by atoms with Crippen LogP contribution in [0.1, 0.15) is 93.9 Å². The van der Waals surface area contributed by atoms with Gasteiger partial charge in [-0.25, -0.2) is 0 Å². The first-order valence-electron chi connectivity index (χ1n) is 10.9. The van der Waals surface area contributed by atoms with E-state index in [1.165, 1.54) is 12.8 Å². The van der Waals surface area contributed by atoms with Gasteiger partial charge in [0.05, 0.1) is 0 Å². The molecule has 0 aromatic heterocycles. The number of hydrogen-bond acceptors (Lipinski definition) is 2. The summed E-state index contributed by atoms with van der Waals surface area (Å²) < 4.78 is 6.77. The molecule has 0 aromatic carbocycles. The lowest BCUT2D eigenvalue weighted by Crippen LogP contribution is -2.45. The van der Waals surface area contributed by atoms with Gasteiger partial charge in [-0.3, -0.25) is 4.79 Å². The molecular weight excluding hydrogens is 336 g/mol. The van der Waals surface area contributed by atoms with Crippen LogP contribution in [0.15, 0.2) is 0 Å². The zero-order valence-electron chi connectivity index (χ0n) is 19.4. The maximum Gasteiger partial charge on any atom is 0.192 e. The first kappa shape index (κ1) is 23.9. The van der Waals surface area contributed by atoms with Crippen molar-refractivity contribution in [2.75, 3.05) is 0 Å². The van der Waals surface area contributed by atoms with Crippen molar-refractivity contribution in [3.05, 3.63) is 0 Å². The predicted molar refractivity (Wildman–Crippen MR) is 116 cm³/mol. The van der Waals surface area contributed by atoms with Gasteiger partial charge in [-0.15, -0.1) is 0 Å². The summed E-state index contributed by atoms with van der Waals surface area (Å²) in [6, 6.07) is 0. The molecule has 0 aromatic rings. The van der Waals surface area contributed by atoms with E-state index in [2.05, 4.69) is 68.5 Å². The van der Waals surface area contributed by atoms with Gasteiger partial charge in [0.15, 0.2) is 8.32 Å². The van der Waals surface area contributed by atoms with E-state index >= 15 is 0 Å². The Morgan fingerprint density at radius 2 is 1.69 bits per heavy atom. The summed E-state index contributed by atoms with van der Waals surface area (Å²) in [7, 11) is -1.73. The van der Waals surface area contributed by atoms with E-state index in [-0.39, 0.29) is 10.5 Å². The van der Waals surface area contributed by atoms with Crippen molar-refractivity contribution < 1.29 is 9.22 Å². The van der Waals surface area contributed by atoms with E-state index in [0.717, 1.165) is 25.7 Å². The lowest BCUT2D eigenvalue weighted by molar-refractivity contribution is -0.125. The summed E-state index contributed by atoms with van der Waals surface area (Å²) >= 11 is 0. The van der Waals surface area contributed by atoms with Crippen LogP contribution in [0, 0.1) is 23.2 Å². The van der Waals surface area contributed by atoms with Crippen LogP contribution in [-0.2, 0) is 9.22 Å². The second kappa shape index (κ2) is 8.90. The third-order valence-electron chi connectivity index (χ3n) is 7.66. The Labute approximate surface area is 165 Å². The lowest BCUT2D eigenvalue weighted by atomic mass is 9.63. The molecule has 0 unspecified atom stereocenters. The number of carbonyl (C=O) groups is 1. The van der Waals surface area contributed by atoms with Gasteiger partial charge < -0.3 is 4.43 Å². The predicted octanol–water partition coefficient (Wildman–Crippen LogP) is 7.23. The SMILES string of the molecule is CC(C)[C@H](CC[C@@H](C)[C@@H](C)[C@@]1(C)CCCC(=O)C1)O[Si](C)(C)C(C)(C)C. The van der Waals surface area contributed by atoms with Crippen molar-refractivity contribution in [3.63, 3.8) is 0 Å². The average molecular weight is 383 g/mol. The van der Waals surface area contributed by atoms with Crippen LogP contribution in [-0.4, -0.2) is 20.2 Å². The summed E-state index contributed by atoms with van der Waals surface area (Å²) in [4.78, 5) is 12.0. The molecular formula is C23H46O2Si. The molecule has 0 radical (unpaired) electrons. The highest BCUT2D eigenvalue weighted by Crippen LogP contribution is 2.45. The normalized spacial score (nSPS) is 26.0. The molecule has 0 bridgehead atoms. The van der Waals surface area contributed by atoms with E-state index < -0.39 is 8.32 Å². The highest BCUT2D eigenvalue weighted by molar-refractivity contribution is 6.74. The second-order valence-electron chi connectivity index (χ2n) is 11.2. The first-order valence-corrected chi connectivity index (χ1v) is 13.8. The van der Waals surface area contributed by atoms with Gasteiger partial charge in [-0.2, -0.15) is 0 Å². The third kappa shape index (κ3) is 6.19. The molecule has 1 rings (SSSR count). The summed E-state index contributed by atoms with van der Waals surface area (Å²) in [6.07, 6.45) is 6.56. The molecule has 1 saturated carbocycles. The minimum absolute atomic E-state index is 0.197. The monoisotopic (exact) mass is 382 g/mol. The first-order chi connectivity index (χ1) is 11.7. The zero-order chi connectivity index (χ0) is 20.3. The molecule has 0 aliphatic heterocycles. The molecule has 2 nitrogen and oxygen atoms in total. The van der Waals surface area contributed by atoms with Crippen LogP contribution in [0.5, 0.6) is 0 Å². The largest absolute Gasteiger partial charge is 0.414 e. The van der Waals surface area contributed by atoms with Gasteiger partial charge in [0, 0.05) is 18.9 Å². The Bertz CT molecular complexity index is 463. The molecule has 0 heterocycles. The molecule has 3 heteroatoms. The minimum atomic E-state index is -1.73. The van der Waals surface area contributed by atoms with Gasteiger partial charge >= 0.3 is 0 Å².